The number of hydrogen-bond acceptors (Lipinski definition) is 4. The molecule has 0 amide bonds. The molecule has 0 aliphatic heterocycles. The van der Waals surface area contributed by atoms with E-state index in [1.165, 1.54) is 20.8 Å². The summed E-state index contributed by atoms with van der Waals surface area (Å²) in [5.41, 5.74) is 0. The van der Waals surface area contributed by atoms with E-state index in [0.717, 1.165) is 17.4 Å². The summed E-state index contributed by atoms with van der Waals surface area (Å²) in [6.07, 6.45) is 0. The molecule has 0 rings (SSSR count). The van der Waals surface area contributed by atoms with Gasteiger partial charge in [-0.3, -0.25) is 0 Å². The van der Waals surface area contributed by atoms with Crippen LogP contribution in [-0.2, 0) is 35.4 Å². The molecule has 0 radical (unpaired) electrons. The maximum absolute atomic E-state index is 10.5. The standard InChI is InChI=1S/C7H9O3.O.V/c1-4(8)7(5(2)9)6(3)10;;/h1-3H3;;/q-1;;. The van der Waals surface area contributed by atoms with Gasteiger partial charge < -0.3 is 14.4 Å². The molecular weight excluding hydrogens is 199 g/mol. The minimum atomic E-state index is -0.458. The second kappa shape index (κ2) is 6.94. The van der Waals surface area contributed by atoms with E-state index in [2.05, 4.69) is 0 Å². The van der Waals surface area contributed by atoms with Gasteiger partial charge in [-0.05, 0) is 20.8 Å². The van der Waals surface area contributed by atoms with E-state index in [0.29, 0.717) is 0 Å². The van der Waals surface area contributed by atoms with Crippen molar-refractivity contribution in [1.29, 1.82) is 0 Å². The molecule has 0 heterocycles. The number of Topliss-reactive ketones (excluding diaryl/α,β-unsaturated/α-hetero) is 3. The van der Waals surface area contributed by atoms with Crippen LogP contribution in [0.1, 0.15) is 20.8 Å². The molecule has 4 nitrogen and oxygen atoms in total. The average molecular weight is 208 g/mol. The molecule has 0 aliphatic carbocycles. The van der Waals surface area contributed by atoms with Gasteiger partial charge in [-0.2, -0.15) is 5.92 Å². The van der Waals surface area contributed by atoms with Crippen molar-refractivity contribution in [3.8, 4) is 0 Å². The zero-order valence-electron chi connectivity index (χ0n) is 7.08. The number of carbonyl (C=O) groups excluding carboxylic acids is 3. The van der Waals surface area contributed by atoms with Gasteiger partial charge in [0.05, 0.1) is 0 Å². The monoisotopic (exact) mass is 208 g/mol. The molecule has 0 aliphatic rings. The van der Waals surface area contributed by atoms with Crippen LogP contribution in [0, 0.1) is 5.92 Å². The van der Waals surface area contributed by atoms with Gasteiger partial charge in [-0.25, -0.2) is 0 Å². The fourth-order valence-electron chi connectivity index (χ4n) is 0.744. The summed E-state index contributed by atoms with van der Waals surface area (Å²) in [4.78, 5) is 31.6. The summed E-state index contributed by atoms with van der Waals surface area (Å²) < 4.78 is 8.19. The molecule has 0 aromatic heterocycles. The van der Waals surface area contributed by atoms with Crippen molar-refractivity contribution in [3.05, 3.63) is 5.92 Å². The normalized spacial score (nSPS) is 7.50. The average Bonchev–Trinajstić information content (AvgIpc) is 1.88. The zero-order chi connectivity index (χ0) is 10.3. The molecule has 0 fully saturated rings. The van der Waals surface area contributed by atoms with Gasteiger partial charge in [0, 0.05) is 17.3 Å². The van der Waals surface area contributed by atoms with Crippen LogP contribution in [0.15, 0.2) is 0 Å². The van der Waals surface area contributed by atoms with E-state index < -0.39 is 17.3 Å². The summed E-state index contributed by atoms with van der Waals surface area (Å²) in [7, 11) is 0. The summed E-state index contributed by atoms with van der Waals surface area (Å²) in [5, 5.41) is 0. The molecule has 0 bridgehead atoms. The Bertz CT molecular complexity index is 166. The molecular formula is C7H9O4V-. The molecule has 0 unspecified atom stereocenters. The predicted molar refractivity (Wildman–Crippen MR) is 36.0 cm³/mol. The van der Waals surface area contributed by atoms with Gasteiger partial charge in [0.15, 0.2) is 0 Å². The zero-order valence-corrected chi connectivity index (χ0v) is 8.48. The molecule has 0 spiro atoms. The molecule has 0 aromatic rings. The third-order valence-corrected chi connectivity index (χ3v) is 1.06. The molecule has 0 atom stereocenters. The van der Waals surface area contributed by atoms with E-state index in [1.807, 2.05) is 0 Å². The topological polar surface area (TPSA) is 68.3 Å². The molecule has 0 aromatic carbocycles. The second-order valence-corrected chi connectivity index (χ2v) is 2.04. The maximum atomic E-state index is 10.5. The van der Waals surface area contributed by atoms with E-state index in [-0.39, 0.29) is 5.92 Å². The first kappa shape index (κ1) is 13.8. The van der Waals surface area contributed by atoms with E-state index in [4.69, 9.17) is 3.67 Å². The molecule has 0 saturated carbocycles. The predicted octanol–water partition coefficient (Wildman–Crippen LogP) is 0.207. The van der Waals surface area contributed by atoms with Crippen molar-refractivity contribution in [2.45, 2.75) is 20.8 Å². The van der Waals surface area contributed by atoms with Crippen LogP contribution < -0.4 is 0 Å². The van der Waals surface area contributed by atoms with Crippen molar-refractivity contribution in [1.82, 2.24) is 0 Å². The number of hydrogen-bond donors (Lipinski definition) is 0. The number of rotatable bonds is 3. The minimum absolute atomic E-state index is 0.222. The van der Waals surface area contributed by atoms with Crippen LogP contribution in [0.5, 0.6) is 0 Å². The van der Waals surface area contributed by atoms with Gasteiger partial charge >= 0.3 is 21.0 Å². The fourth-order valence-corrected chi connectivity index (χ4v) is 0.744. The Morgan fingerprint density at radius 1 is 0.833 bits per heavy atom. The summed E-state index contributed by atoms with van der Waals surface area (Å²) in [6.45, 7) is 3.62. The Morgan fingerprint density at radius 3 is 1.00 bits per heavy atom. The Labute approximate surface area is 79.9 Å². The van der Waals surface area contributed by atoms with E-state index in [9.17, 15) is 14.4 Å². The third kappa shape index (κ3) is 4.99. The first-order valence-electron chi connectivity index (χ1n) is 3.04. The quantitative estimate of drug-likeness (QED) is 0.491. The Balaban J connectivity index is 0. The van der Waals surface area contributed by atoms with Crippen LogP contribution in [0.4, 0.5) is 0 Å². The Morgan fingerprint density at radius 2 is 1.00 bits per heavy atom. The van der Waals surface area contributed by atoms with Crippen LogP contribution in [0.2, 0.25) is 0 Å². The van der Waals surface area contributed by atoms with Gasteiger partial charge in [0.1, 0.15) is 0 Å². The van der Waals surface area contributed by atoms with Crippen molar-refractivity contribution < 1.29 is 35.4 Å². The molecule has 67 valence electrons. The van der Waals surface area contributed by atoms with Gasteiger partial charge in [-0.1, -0.05) is 0 Å². The first-order chi connectivity index (χ1) is 5.46. The van der Waals surface area contributed by atoms with Crippen molar-refractivity contribution in [3.63, 3.8) is 0 Å². The number of ketones is 3. The summed E-state index contributed by atoms with van der Waals surface area (Å²) in [5.74, 6) is -1.60. The van der Waals surface area contributed by atoms with Gasteiger partial charge in [0.25, 0.3) is 0 Å². The van der Waals surface area contributed by atoms with Crippen molar-refractivity contribution in [2.75, 3.05) is 0 Å². The fraction of sp³-hybridized carbons (Fsp3) is 0.429. The second-order valence-electron chi connectivity index (χ2n) is 2.04. The third-order valence-electron chi connectivity index (χ3n) is 1.06. The van der Waals surface area contributed by atoms with Crippen molar-refractivity contribution >= 4 is 17.3 Å². The van der Waals surface area contributed by atoms with E-state index in [1.54, 1.807) is 0 Å². The SMILES string of the molecule is CC(=O)[C-](C(C)=O)C(C)=O.[O]=[V]. The molecule has 0 N–H and O–H groups in total. The molecule has 0 saturated heterocycles. The van der Waals surface area contributed by atoms with Crippen molar-refractivity contribution in [2.24, 2.45) is 0 Å². The van der Waals surface area contributed by atoms with Crippen LogP contribution in [0.3, 0.4) is 0 Å². The van der Waals surface area contributed by atoms with E-state index >= 15 is 0 Å². The van der Waals surface area contributed by atoms with Crippen LogP contribution in [0.25, 0.3) is 0 Å². The Hall–Kier alpha value is -0.736. The van der Waals surface area contributed by atoms with Gasteiger partial charge in [-0.15, -0.1) is 0 Å². The summed E-state index contributed by atoms with van der Waals surface area (Å²) >= 11 is 1.06. The molecule has 5 heteroatoms. The summed E-state index contributed by atoms with van der Waals surface area (Å²) in [6, 6.07) is 0. The van der Waals surface area contributed by atoms with Gasteiger partial charge in [0.2, 0.25) is 0 Å². The number of carbonyl (C=O) groups is 3. The van der Waals surface area contributed by atoms with Crippen LogP contribution >= 0.6 is 0 Å². The first-order valence-corrected chi connectivity index (χ1v) is 3.62. The Kier molecular flexibility index (Phi) is 8.00. The molecule has 12 heavy (non-hydrogen) atoms. The van der Waals surface area contributed by atoms with Crippen LogP contribution in [-0.4, -0.2) is 17.3 Å².